The van der Waals surface area contributed by atoms with Crippen LogP contribution in [-0.4, -0.2) is 18.8 Å². The first-order valence-corrected chi connectivity index (χ1v) is 4.86. The van der Waals surface area contributed by atoms with Crippen molar-refractivity contribution >= 4 is 0 Å². The SMILES string of the molecule is COc1cc(O)c(C(C)CCN)cc1F. The number of benzene rings is 1. The monoisotopic (exact) mass is 213 g/mol. The van der Waals surface area contributed by atoms with Gasteiger partial charge in [0.25, 0.3) is 0 Å². The molecule has 84 valence electrons. The van der Waals surface area contributed by atoms with Crippen LogP contribution in [0.25, 0.3) is 0 Å². The molecule has 0 heterocycles. The fraction of sp³-hybridized carbons (Fsp3) is 0.455. The van der Waals surface area contributed by atoms with Crippen LogP contribution >= 0.6 is 0 Å². The first-order chi connectivity index (χ1) is 7.10. The van der Waals surface area contributed by atoms with Crippen molar-refractivity contribution in [3.8, 4) is 11.5 Å². The molecular formula is C11H16FNO2. The molecule has 0 aliphatic rings. The Kier molecular flexibility index (Phi) is 3.91. The van der Waals surface area contributed by atoms with Crippen molar-refractivity contribution in [1.82, 2.24) is 0 Å². The minimum atomic E-state index is -0.464. The van der Waals surface area contributed by atoms with E-state index in [2.05, 4.69) is 0 Å². The minimum absolute atomic E-state index is 0.0374. The molecular weight excluding hydrogens is 197 g/mol. The van der Waals surface area contributed by atoms with Crippen molar-refractivity contribution < 1.29 is 14.2 Å². The van der Waals surface area contributed by atoms with E-state index >= 15 is 0 Å². The van der Waals surface area contributed by atoms with E-state index in [1.54, 1.807) is 0 Å². The Balaban J connectivity index is 3.04. The van der Waals surface area contributed by atoms with Gasteiger partial charge >= 0.3 is 0 Å². The maximum absolute atomic E-state index is 13.4. The van der Waals surface area contributed by atoms with Crippen molar-refractivity contribution in [3.05, 3.63) is 23.5 Å². The van der Waals surface area contributed by atoms with Gasteiger partial charge in [-0.1, -0.05) is 6.92 Å². The second kappa shape index (κ2) is 4.98. The molecule has 0 amide bonds. The number of hydrogen-bond acceptors (Lipinski definition) is 3. The molecule has 0 saturated carbocycles. The Morgan fingerprint density at radius 2 is 2.20 bits per heavy atom. The maximum Gasteiger partial charge on any atom is 0.165 e. The molecule has 0 bridgehead atoms. The molecule has 15 heavy (non-hydrogen) atoms. The van der Waals surface area contributed by atoms with Gasteiger partial charge in [-0.25, -0.2) is 4.39 Å². The van der Waals surface area contributed by atoms with Gasteiger partial charge < -0.3 is 15.6 Å². The molecule has 4 heteroatoms. The van der Waals surface area contributed by atoms with E-state index in [9.17, 15) is 9.50 Å². The average molecular weight is 213 g/mol. The number of halogens is 1. The van der Waals surface area contributed by atoms with Gasteiger partial charge in [0, 0.05) is 6.07 Å². The van der Waals surface area contributed by atoms with Gasteiger partial charge in [0.05, 0.1) is 7.11 Å². The molecule has 1 unspecified atom stereocenters. The van der Waals surface area contributed by atoms with Gasteiger partial charge in [-0.2, -0.15) is 0 Å². The van der Waals surface area contributed by atoms with Crippen LogP contribution in [-0.2, 0) is 0 Å². The summed E-state index contributed by atoms with van der Waals surface area (Å²) < 4.78 is 18.1. The predicted octanol–water partition coefficient (Wildman–Crippen LogP) is 1.99. The molecule has 0 radical (unpaired) electrons. The molecule has 0 fully saturated rings. The fourth-order valence-corrected chi connectivity index (χ4v) is 1.51. The van der Waals surface area contributed by atoms with Crippen molar-refractivity contribution in [2.24, 2.45) is 5.73 Å². The molecule has 0 aromatic heterocycles. The summed E-state index contributed by atoms with van der Waals surface area (Å²) in [6, 6.07) is 2.59. The highest BCUT2D eigenvalue weighted by atomic mass is 19.1. The highest BCUT2D eigenvalue weighted by Gasteiger charge is 2.14. The van der Waals surface area contributed by atoms with Crippen LogP contribution in [0.2, 0.25) is 0 Å². The van der Waals surface area contributed by atoms with E-state index in [-0.39, 0.29) is 17.4 Å². The molecule has 1 atom stereocenters. The number of ether oxygens (including phenoxy) is 1. The van der Waals surface area contributed by atoms with Crippen molar-refractivity contribution in [1.29, 1.82) is 0 Å². The Bertz CT molecular complexity index is 342. The highest BCUT2D eigenvalue weighted by Crippen LogP contribution is 2.33. The number of methoxy groups -OCH3 is 1. The Labute approximate surface area is 88.7 Å². The van der Waals surface area contributed by atoms with Crippen molar-refractivity contribution in [2.75, 3.05) is 13.7 Å². The number of aromatic hydroxyl groups is 1. The van der Waals surface area contributed by atoms with Crippen LogP contribution in [0.3, 0.4) is 0 Å². The number of phenolic OH excluding ortho intramolecular Hbond substituents is 1. The summed E-state index contributed by atoms with van der Waals surface area (Å²) in [6.45, 7) is 2.40. The fourth-order valence-electron chi connectivity index (χ4n) is 1.51. The minimum Gasteiger partial charge on any atom is -0.508 e. The molecule has 3 nitrogen and oxygen atoms in total. The van der Waals surface area contributed by atoms with Crippen molar-refractivity contribution in [2.45, 2.75) is 19.3 Å². The van der Waals surface area contributed by atoms with Crippen molar-refractivity contribution in [3.63, 3.8) is 0 Å². The number of rotatable bonds is 4. The zero-order valence-corrected chi connectivity index (χ0v) is 8.96. The van der Waals surface area contributed by atoms with Gasteiger partial charge in [-0.3, -0.25) is 0 Å². The summed E-state index contributed by atoms with van der Waals surface area (Å²) in [4.78, 5) is 0. The average Bonchev–Trinajstić information content (AvgIpc) is 2.21. The molecule has 0 spiro atoms. The zero-order valence-electron chi connectivity index (χ0n) is 8.96. The summed E-state index contributed by atoms with van der Waals surface area (Å²) in [7, 11) is 1.36. The van der Waals surface area contributed by atoms with Gasteiger partial charge in [0.1, 0.15) is 5.75 Å². The maximum atomic E-state index is 13.4. The second-order valence-electron chi connectivity index (χ2n) is 3.52. The first kappa shape index (κ1) is 11.8. The molecule has 0 aliphatic carbocycles. The Morgan fingerprint density at radius 1 is 1.53 bits per heavy atom. The number of phenols is 1. The van der Waals surface area contributed by atoms with E-state index in [1.807, 2.05) is 6.92 Å². The van der Waals surface area contributed by atoms with Gasteiger partial charge in [-0.15, -0.1) is 0 Å². The lowest BCUT2D eigenvalue weighted by molar-refractivity contribution is 0.378. The van der Waals surface area contributed by atoms with Crippen LogP contribution in [0.5, 0.6) is 11.5 Å². The standard InChI is InChI=1S/C11H16FNO2/c1-7(3-4-13)8-5-9(12)11(15-2)6-10(8)14/h5-7,14H,3-4,13H2,1-2H3. The molecule has 0 saturated heterocycles. The second-order valence-corrected chi connectivity index (χ2v) is 3.52. The van der Waals surface area contributed by atoms with Gasteiger partial charge in [0.15, 0.2) is 11.6 Å². The van der Waals surface area contributed by atoms with Crippen LogP contribution in [0, 0.1) is 5.82 Å². The lowest BCUT2D eigenvalue weighted by Crippen LogP contribution is -2.05. The smallest absolute Gasteiger partial charge is 0.165 e. The third kappa shape index (κ3) is 2.59. The van der Waals surface area contributed by atoms with Crippen LogP contribution in [0.15, 0.2) is 12.1 Å². The third-order valence-corrected chi connectivity index (χ3v) is 2.43. The van der Waals surface area contributed by atoms with E-state index in [0.29, 0.717) is 18.5 Å². The zero-order chi connectivity index (χ0) is 11.4. The Hall–Kier alpha value is -1.29. The largest absolute Gasteiger partial charge is 0.508 e. The summed E-state index contributed by atoms with van der Waals surface area (Å²) >= 11 is 0. The highest BCUT2D eigenvalue weighted by molar-refractivity contribution is 5.42. The van der Waals surface area contributed by atoms with E-state index in [1.165, 1.54) is 19.2 Å². The van der Waals surface area contributed by atoms with Gasteiger partial charge in [-0.05, 0) is 30.5 Å². The lowest BCUT2D eigenvalue weighted by atomic mass is 9.96. The summed E-state index contributed by atoms with van der Waals surface area (Å²) in [6.07, 6.45) is 0.708. The van der Waals surface area contributed by atoms with E-state index < -0.39 is 5.82 Å². The molecule has 1 rings (SSSR count). The molecule has 1 aromatic carbocycles. The van der Waals surface area contributed by atoms with E-state index in [4.69, 9.17) is 10.5 Å². The van der Waals surface area contributed by atoms with Crippen LogP contribution < -0.4 is 10.5 Å². The normalized spacial score (nSPS) is 12.5. The van der Waals surface area contributed by atoms with Gasteiger partial charge in [0.2, 0.25) is 0 Å². The summed E-state index contributed by atoms with van der Waals surface area (Å²) in [5, 5.41) is 9.66. The quantitative estimate of drug-likeness (QED) is 0.804. The number of hydrogen-bond donors (Lipinski definition) is 2. The number of nitrogens with two attached hydrogens (primary N) is 1. The van der Waals surface area contributed by atoms with Crippen LogP contribution in [0.4, 0.5) is 4.39 Å². The topological polar surface area (TPSA) is 55.5 Å². The molecule has 3 N–H and O–H groups in total. The first-order valence-electron chi connectivity index (χ1n) is 4.86. The van der Waals surface area contributed by atoms with Crippen LogP contribution in [0.1, 0.15) is 24.8 Å². The molecule has 0 aliphatic heterocycles. The summed E-state index contributed by atoms with van der Waals surface area (Å²) in [5.41, 5.74) is 5.98. The van der Waals surface area contributed by atoms with E-state index in [0.717, 1.165) is 0 Å². The summed E-state index contributed by atoms with van der Waals surface area (Å²) in [5.74, 6) is -0.324. The third-order valence-electron chi connectivity index (χ3n) is 2.43. The predicted molar refractivity (Wildman–Crippen MR) is 56.7 cm³/mol. The Morgan fingerprint density at radius 3 is 2.73 bits per heavy atom. The molecule has 1 aromatic rings. The lowest BCUT2D eigenvalue weighted by Gasteiger charge is -2.13.